The molecule has 0 bridgehead atoms. The van der Waals surface area contributed by atoms with Crippen LogP contribution < -0.4 is 5.32 Å². The Hall–Kier alpha value is -3.35. The van der Waals surface area contributed by atoms with Crippen LogP contribution in [0.5, 0.6) is 0 Å². The Morgan fingerprint density at radius 1 is 0.446 bits per heavy atom. The number of hydrogen-bond donors (Lipinski definition) is 9. The van der Waals surface area contributed by atoms with Crippen molar-refractivity contribution in [1.82, 2.24) is 5.32 Å². The molecule has 476 valence electrons. The topological polar surface area (TPSA) is 228 Å². The molecular weight excluding hydrogens is 1050 g/mol. The first kappa shape index (κ1) is 75.7. The monoisotopic (exact) mass is 1170 g/mol. The van der Waals surface area contributed by atoms with Crippen LogP contribution in [0, 0.1) is 0 Å². The van der Waals surface area contributed by atoms with Gasteiger partial charge in [-0.05, 0) is 83.5 Å². The highest BCUT2D eigenvalue weighted by molar-refractivity contribution is 5.76. The smallest absolute Gasteiger partial charge is 0.220 e. The molecule has 0 saturated carbocycles. The molecule has 12 unspecified atom stereocenters. The van der Waals surface area contributed by atoms with Crippen molar-refractivity contribution in [3.05, 3.63) is 109 Å². The number of amides is 1. The average molecular weight is 1170 g/mol. The predicted octanol–water partition coefficient (Wildman–Crippen LogP) is 12.4. The molecule has 2 heterocycles. The van der Waals surface area contributed by atoms with Gasteiger partial charge in [-0.15, -0.1) is 0 Å². The molecule has 2 fully saturated rings. The van der Waals surface area contributed by atoms with Gasteiger partial charge in [-0.2, -0.15) is 0 Å². The Kier molecular flexibility index (Phi) is 48.3. The first-order valence-electron chi connectivity index (χ1n) is 32.6. The summed E-state index contributed by atoms with van der Waals surface area (Å²) in [5, 5.41) is 87.3. The van der Waals surface area contributed by atoms with E-state index in [-0.39, 0.29) is 18.9 Å². The molecule has 83 heavy (non-hydrogen) atoms. The molecule has 1 amide bonds. The molecule has 14 heteroatoms. The van der Waals surface area contributed by atoms with Gasteiger partial charge in [0.15, 0.2) is 12.6 Å². The van der Waals surface area contributed by atoms with Gasteiger partial charge in [-0.3, -0.25) is 4.79 Å². The highest BCUT2D eigenvalue weighted by atomic mass is 16.7. The number of allylic oxidation sites excluding steroid dienone is 17. The fraction of sp³-hybridized carbons (Fsp3) is 0.725. The van der Waals surface area contributed by atoms with E-state index in [2.05, 4.69) is 116 Å². The average Bonchev–Trinajstić information content (AvgIpc) is 3.65. The third-order valence-corrected chi connectivity index (χ3v) is 15.2. The minimum Gasteiger partial charge on any atom is -0.394 e. The SMILES string of the molecule is CC/C=C\C/C=C\C/C=C\C/C=C\C/C=C\C/C=C\C/C=C\C/C=C\CCCCCCC(=O)NC(COC1OC(CO)C(OC2OC(CO)C(O)C(O)C2O)C(O)C1O)C(O)/C=C/CCCCCCCCCCCCCCCCCCCC. The Labute approximate surface area is 502 Å². The summed E-state index contributed by atoms with van der Waals surface area (Å²) in [5.41, 5.74) is 0. The number of aliphatic hydroxyl groups is 8. The molecule has 2 rings (SSSR count). The van der Waals surface area contributed by atoms with Crippen LogP contribution >= 0.6 is 0 Å². The summed E-state index contributed by atoms with van der Waals surface area (Å²) in [5.74, 6) is -0.267. The second-order valence-corrected chi connectivity index (χ2v) is 22.5. The van der Waals surface area contributed by atoms with E-state index >= 15 is 0 Å². The molecule has 0 aromatic carbocycles. The van der Waals surface area contributed by atoms with Gasteiger partial charge in [0.05, 0.1) is 32.0 Å². The predicted molar refractivity (Wildman–Crippen MR) is 336 cm³/mol. The highest BCUT2D eigenvalue weighted by Gasteiger charge is 2.51. The Bertz CT molecular complexity index is 1810. The second-order valence-electron chi connectivity index (χ2n) is 22.5. The number of ether oxygens (including phenoxy) is 4. The lowest BCUT2D eigenvalue weighted by Gasteiger charge is -2.46. The summed E-state index contributed by atoms with van der Waals surface area (Å²) in [6.45, 7) is 2.67. The molecule has 2 aliphatic heterocycles. The van der Waals surface area contributed by atoms with Crippen molar-refractivity contribution in [2.75, 3.05) is 19.8 Å². The Balaban J connectivity index is 1.75. The molecule has 0 spiro atoms. The van der Waals surface area contributed by atoms with E-state index < -0.39 is 86.8 Å². The molecule has 0 radical (unpaired) electrons. The largest absolute Gasteiger partial charge is 0.394 e. The number of unbranched alkanes of at least 4 members (excludes halogenated alkanes) is 22. The standard InChI is InChI=1S/C69H117NO13/c1-3-5-7-9-11-13-15-17-19-21-23-25-26-27-28-29-30-31-32-33-35-37-39-41-43-45-47-49-51-53-61(74)70-57(58(73)52-50-48-46-44-42-40-38-36-34-24-22-20-18-16-14-12-10-8-6-4-2)56-80-68-66(79)64(77)67(60(55-72)82-68)83-69-65(78)63(76)62(75)59(54-71)81-69/h5,7,11,13,17,19,23,25,27-28,30-31,33,35,39,41,50,52,57-60,62-69,71-73,75-79H,3-4,6,8-10,12,14-16,18,20-22,24,26,29,32,34,36-38,40,42-49,51,53-56H2,1-2H3,(H,70,74)/b7-5-,13-11-,19-17-,25-23-,28-27-,31-30-,35-33-,41-39-,52-50+. The minimum atomic E-state index is -1.80. The lowest BCUT2D eigenvalue weighted by molar-refractivity contribution is -0.359. The zero-order chi connectivity index (χ0) is 60.2. The Morgan fingerprint density at radius 3 is 1.28 bits per heavy atom. The van der Waals surface area contributed by atoms with Crippen LogP contribution in [0.4, 0.5) is 0 Å². The van der Waals surface area contributed by atoms with Gasteiger partial charge in [0.2, 0.25) is 5.91 Å². The van der Waals surface area contributed by atoms with Crippen molar-refractivity contribution < 1.29 is 64.6 Å². The first-order chi connectivity index (χ1) is 40.6. The van der Waals surface area contributed by atoms with Crippen LogP contribution in [0.15, 0.2) is 109 Å². The summed E-state index contributed by atoms with van der Waals surface area (Å²) in [6, 6.07) is -0.938. The maximum Gasteiger partial charge on any atom is 0.220 e. The molecule has 9 N–H and O–H groups in total. The van der Waals surface area contributed by atoms with Crippen molar-refractivity contribution in [2.24, 2.45) is 0 Å². The summed E-state index contributed by atoms with van der Waals surface area (Å²) >= 11 is 0. The molecular formula is C69H117NO13. The van der Waals surface area contributed by atoms with Crippen molar-refractivity contribution in [3.8, 4) is 0 Å². The maximum atomic E-state index is 13.3. The molecule has 0 aliphatic carbocycles. The number of nitrogens with one attached hydrogen (secondary N) is 1. The molecule has 0 aromatic rings. The van der Waals surface area contributed by atoms with E-state index in [0.29, 0.717) is 6.42 Å². The van der Waals surface area contributed by atoms with E-state index in [1.165, 1.54) is 103 Å². The number of hydrogen-bond acceptors (Lipinski definition) is 13. The number of carbonyl (C=O) groups is 1. The van der Waals surface area contributed by atoms with Crippen LogP contribution in [-0.2, 0) is 23.7 Å². The van der Waals surface area contributed by atoms with E-state index in [1.54, 1.807) is 6.08 Å². The fourth-order valence-corrected chi connectivity index (χ4v) is 10.0. The van der Waals surface area contributed by atoms with Gasteiger partial charge in [-0.1, -0.05) is 245 Å². The van der Waals surface area contributed by atoms with Crippen LogP contribution in [0.25, 0.3) is 0 Å². The highest BCUT2D eigenvalue weighted by Crippen LogP contribution is 2.30. The minimum absolute atomic E-state index is 0.245. The summed E-state index contributed by atoms with van der Waals surface area (Å²) in [6.07, 6.45) is 58.3. The van der Waals surface area contributed by atoms with Crippen LogP contribution in [-0.4, -0.2) is 140 Å². The number of rotatable bonds is 51. The summed E-state index contributed by atoms with van der Waals surface area (Å²) < 4.78 is 22.8. The van der Waals surface area contributed by atoms with Gasteiger partial charge < -0.3 is 65.1 Å². The quantitative estimate of drug-likeness (QED) is 0.0204. The maximum absolute atomic E-state index is 13.3. The van der Waals surface area contributed by atoms with Crippen molar-refractivity contribution in [2.45, 2.75) is 299 Å². The van der Waals surface area contributed by atoms with E-state index in [0.717, 1.165) is 96.3 Å². The van der Waals surface area contributed by atoms with Crippen molar-refractivity contribution in [3.63, 3.8) is 0 Å². The lowest BCUT2D eigenvalue weighted by atomic mass is 9.97. The Morgan fingerprint density at radius 2 is 0.831 bits per heavy atom. The van der Waals surface area contributed by atoms with Crippen molar-refractivity contribution in [1.29, 1.82) is 0 Å². The van der Waals surface area contributed by atoms with E-state index in [9.17, 15) is 45.6 Å². The van der Waals surface area contributed by atoms with Gasteiger partial charge in [0.1, 0.15) is 48.8 Å². The normalized spacial score (nSPS) is 24.6. The number of carbonyl (C=O) groups excluding carboxylic acids is 1. The molecule has 2 saturated heterocycles. The van der Waals surface area contributed by atoms with Crippen LogP contribution in [0.2, 0.25) is 0 Å². The van der Waals surface area contributed by atoms with Crippen molar-refractivity contribution >= 4 is 5.91 Å². The van der Waals surface area contributed by atoms with Gasteiger partial charge in [-0.25, -0.2) is 0 Å². The van der Waals surface area contributed by atoms with Crippen LogP contribution in [0.3, 0.4) is 0 Å². The van der Waals surface area contributed by atoms with Crippen LogP contribution in [0.1, 0.15) is 226 Å². The summed E-state index contributed by atoms with van der Waals surface area (Å²) in [7, 11) is 0. The molecule has 14 nitrogen and oxygen atoms in total. The third-order valence-electron chi connectivity index (χ3n) is 15.2. The molecule has 0 aromatic heterocycles. The lowest BCUT2D eigenvalue weighted by Crippen LogP contribution is -2.65. The number of aliphatic hydroxyl groups excluding tert-OH is 8. The van der Waals surface area contributed by atoms with Gasteiger partial charge in [0.25, 0.3) is 0 Å². The molecule has 12 atom stereocenters. The molecule has 2 aliphatic rings. The zero-order valence-corrected chi connectivity index (χ0v) is 51.4. The van der Waals surface area contributed by atoms with E-state index in [4.69, 9.17) is 18.9 Å². The third kappa shape index (κ3) is 37.7. The van der Waals surface area contributed by atoms with E-state index in [1.807, 2.05) is 6.08 Å². The fourth-order valence-electron chi connectivity index (χ4n) is 10.0. The second kappa shape index (κ2) is 52.9. The first-order valence-corrected chi connectivity index (χ1v) is 32.6. The summed E-state index contributed by atoms with van der Waals surface area (Å²) in [4.78, 5) is 13.3. The zero-order valence-electron chi connectivity index (χ0n) is 51.4. The van der Waals surface area contributed by atoms with Gasteiger partial charge in [0, 0.05) is 6.42 Å². The van der Waals surface area contributed by atoms with Gasteiger partial charge >= 0.3 is 0 Å².